The van der Waals surface area contributed by atoms with Gasteiger partial charge in [-0.15, -0.1) is 0 Å². The molecule has 0 heterocycles. The molecule has 3 nitrogen and oxygen atoms in total. The Kier molecular flexibility index (Phi) is 4.21. The van der Waals surface area contributed by atoms with Crippen LogP contribution >= 0.6 is 0 Å². The number of aliphatic hydroxyl groups is 2. The summed E-state index contributed by atoms with van der Waals surface area (Å²) in [5, 5.41) is 29.7. The Labute approximate surface area is 133 Å². The summed E-state index contributed by atoms with van der Waals surface area (Å²) >= 11 is 0. The summed E-state index contributed by atoms with van der Waals surface area (Å²) in [7, 11) is 0. The van der Waals surface area contributed by atoms with Gasteiger partial charge in [0, 0.05) is 6.61 Å². The maximum Gasteiger partial charge on any atom is 0.115 e. The number of aromatic hydroxyl groups is 1. The number of phenols is 1. The zero-order valence-electron chi connectivity index (χ0n) is 13.5. The van der Waals surface area contributed by atoms with Gasteiger partial charge in [0.1, 0.15) is 5.75 Å². The lowest BCUT2D eigenvalue weighted by molar-refractivity contribution is -0.0551. The number of rotatable bonds is 4. The van der Waals surface area contributed by atoms with Crippen molar-refractivity contribution in [2.75, 3.05) is 6.61 Å². The van der Waals surface area contributed by atoms with Crippen LogP contribution in [0.3, 0.4) is 0 Å². The molecule has 0 saturated heterocycles. The molecule has 0 spiro atoms. The van der Waals surface area contributed by atoms with E-state index in [1.165, 1.54) is 11.1 Å². The Balaban J connectivity index is 1.84. The molecule has 3 rings (SSSR count). The van der Waals surface area contributed by atoms with Crippen molar-refractivity contribution in [1.82, 2.24) is 0 Å². The number of aliphatic hydroxyl groups excluding tert-OH is 1. The van der Waals surface area contributed by atoms with E-state index in [-0.39, 0.29) is 12.0 Å². The van der Waals surface area contributed by atoms with Gasteiger partial charge in [-0.25, -0.2) is 0 Å². The van der Waals surface area contributed by atoms with Gasteiger partial charge in [0.2, 0.25) is 0 Å². The molecule has 0 bridgehead atoms. The molecule has 122 valence electrons. The Morgan fingerprint density at radius 2 is 2.00 bits per heavy atom. The lowest BCUT2D eigenvalue weighted by Gasteiger charge is -2.51. The quantitative estimate of drug-likeness (QED) is 0.746. The third-order valence-electron chi connectivity index (χ3n) is 6.10. The summed E-state index contributed by atoms with van der Waals surface area (Å²) in [4.78, 5) is 0. The van der Waals surface area contributed by atoms with Crippen molar-refractivity contribution in [3.05, 3.63) is 29.3 Å². The lowest BCUT2D eigenvalue weighted by atomic mass is 9.55. The second-order valence-corrected chi connectivity index (χ2v) is 7.70. The minimum atomic E-state index is -0.591. The number of aryl methyl sites for hydroxylation is 1. The average molecular weight is 304 g/mol. The van der Waals surface area contributed by atoms with Crippen LogP contribution in [0.4, 0.5) is 0 Å². The van der Waals surface area contributed by atoms with E-state index in [1.54, 1.807) is 6.07 Å². The van der Waals surface area contributed by atoms with E-state index in [0.29, 0.717) is 11.7 Å². The first-order valence-corrected chi connectivity index (χ1v) is 8.61. The van der Waals surface area contributed by atoms with Gasteiger partial charge in [-0.2, -0.15) is 0 Å². The van der Waals surface area contributed by atoms with E-state index in [4.69, 9.17) is 5.11 Å². The number of benzene rings is 1. The molecule has 0 aliphatic heterocycles. The van der Waals surface area contributed by atoms with Gasteiger partial charge >= 0.3 is 0 Å². The molecular formula is C19H28O3. The van der Waals surface area contributed by atoms with Gasteiger partial charge in [-0.3, -0.25) is 0 Å². The van der Waals surface area contributed by atoms with Crippen molar-refractivity contribution >= 4 is 0 Å². The van der Waals surface area contributed by atoms with Gasteiger partial charge in [0.15, 0.2) is 0 Å². The van der Waals surface area contributed by atoms with Crippen LogP contribution in [0.15, 0.2) is 18.2 Å². The van der Waals surface area contributed by atoms with E-state index in [0.717, 1.165) is 51.4 Å². The summed E-state index contributed by atoms with van der Waals surface area (Å²) in [5.41, 5.74) is 2.26. The predicted octanol–water partition coefficient (Wildman–Crippen LogP) is 3.51. The first kappa shape index (κ1) is 15.8. The molecule has 3 heteroatoms. The first-order chi connectivity index (χ1) is 10.5. The molecule has 0 radical (unpaired) electrons. The molecular weight excluding hydrogens is 276 g/mol. The van der Waals surface area contributed by atoms with Crippen LogP contribution in [0.25, 0.3) is 0 Å². The Bertz CT molecular complexity index is 541. The molecule has 22 heavy (non-hydrogen) atoms. The SMILES string of the molecule is C[C@@]12CCc3cc(O)ccc3[C@H]1C[C@@](O)(CCCCO)CC2. The third-order valence-corrected chi connectivity index (χ3v) is 6.10. The topological polar surface area (TPSA) is 60.7 Å². The second-order valence-electron chi connectivity index (χ2n) is 7.70. The van der Waals surface area contributed by atoms with Gasteiger partial charge < -0.3 is 15.3 Å². The van der Waals surface area contributed by atoms with Crippen molar-refractivity contribution < 1.29 is 15.3 Å². The molecule has 2 aliphatic rings. The second kappa shape index (κ2) is 5.86. The van der Waals surface area contributed by atoms with E-state index in [2.05, 4.69) is 13.0 Å². The van der Waals surface area contributed by atoms with E-state index < -0.39 is 5.60 Å². The highest BCUT2D eigenvalue weighted by Crippen LogP contribution is 2.57. The lowest BCUT2D eigenvalue weighted by Crippen LogP contribution is -2.45. The zero-order valence-corrected chi connectivity index (χ0v) is 13.5. The van der Waals surface area contributed by atoms with Gasteiger partial charge in [-0.05, 0) is 86.0 Å². The van der Waals surface area contributed by atoms with Gasteiger partial charge in [0.05, 0.1) is 5.60 Å². The molecule has 3 N–H and O–H groups in total. The van der Waals surface area contributed by atoms with Crippen LogP contribution in [0.1, 0.15) is 68.9 Å². The van der Waals surface area contributed by atoms with Crippen LogP contribution in [0.2, 0.25) is 0 Å². The van der Waals surface area contributed by atoms with Crippen molar-refractivity contribution in [1.29, 1.82) is 0 Å². The molecule has 3 atom stereocenters. The average Bonchev–Trinajstić information content (AvgIpc) is 2.49. The first-order valence-electron chi connectivity index (χ1n) is 8.61. The maximum atomic E-state index is 11.0. The van der Waals surface area contributed by atoms with Crippen LogP contribution in [0.5, 0.6) is 5.75 Å². The fourth-order valence-corrected chi connectivity index (χ4v) is 4.57. The fraction of sp³-hybridized carbons (Fsp3) is 0.684. The summed E-state index contributed by atoms with van der Waals surface area (Å²) in [6.45, 7) is 2.57. The van der Waals surface area contributed by atoms with E-state index in [9.17, 15) is 10.2 Å². The zero-order chi connectivity index (χ0) is 15.8. The van der Waals surface area contributed by atoms with Crippen LogP contribution in [-0.4, -0.2) is 27.5 Å². The van der Waals surface area contributed by atoms with Crippen molar-refractivity contribution in [3.63, 3.8) is 0 Å². The monoisotopic (exact) mass is 304 g/mol. The minimum absolute atomic E-state index is 0.208. The molecule has 1 fully saturated rings. The summed E-state index contributed by atoms with van der Waals surface area (Å²) in [6, 6.07) is 5.74. The van der Waals surface area contributed by atoms with E-state index in [1.807, 2.05) is 6.07 Å². The number of hydrogen-bond acceptors (Lipinski definition) is 3. The van der Waals surface area contributed by atoms with Crippen molar-refractivity contribution in [2.45, 2.75) is 69.8 Å². The highest BCUT2D eigenvalue weighted by molar-refractivity contribution is 5.41. The van der Waals surface area contributed by atoms with Crippen molar-refractivity contribution in [2.24, 2.45) is 5.41 Å². The van der Waals surface area contributed by atoms with Crippen LogP contribution < -0.4 is 0 Å². The normalized spacial score (nSPS) is 34.0. The highest BCUT2D eigenvalue weighted by atomic mass is 16.3. The molecule has 0 unspecified atom stereocenters. The molecule has 2 aliphatic carbocycles. The smallest absolute Gasteiger partial charge is 0.115 e. The number of fused-ring (bicyclic) bond motifs is 3. The Morgan fingerprint density at radius 1 is 1.18 bits per heavy atom. The molecule has 1 aromatic carbocycles. The van der Waals surface area contributed by atoms with E-state index >= 15 is 0 Å². The van der Waals surface area contributed by atoms with Crippen LogP contribution in [-0.2, 0) is 6.42 Å². The summed E-state index contributed by atoms with van der Waals surface area (Å²) < 4.78 is 0. The number of unbranched alkanes of at least 4 members (excludes halogenated alkanes) is 1. The molecule has 0 aromatic heterocycles. The number of hydrogen-bond donors (Lipinski definition) is 3. The third kappa shape index (κ3) is 2.89. The molecule has 1 aromatic rings. The Morgan fingerprint density at radius 3 is 2.77 bits per heavy atom. The fourth-order valence-electron chi connectivity index (χ4n) is 4.57. The van der Waals surface area contributed by atoms with Gasteiger partial charge in [-0.1, -0.05) is 13.0 Å². The van der Waals surface area contributed by atoms with Gasteiger partial charge in [0.25, 0.3) is 0 Å². The van der Waals surface area contributed by atoms with Crippen molar-refractivity contribution in [3.8, 4) is 5.75 Å². The minimum Gasteiger partial charge on any atom is -0.508 e. The Hall–Kier alpha value is -1.06. The highest BCUT2D eigenvalue weighted by Gasteiger charge is 2.48. The van der Waals surface area contributed by atoms with Crippen LogP contribution in [0, 0.1) is 5.41 Å². The standard InChI is InChI=1S/C19H28O3/c1-18-8-6-14-12-15(21)4-5-16(14)17(18)13-19(22,10-9-18)7-2-3-11-20/h4-5,12,17,20-22H,2-3,6-11,13H2,1H3/t17-,18+,19-/m1/s1. The molecule has 0 amide bonds. The number of phenolic OH excluding ortho intramolecular Hbond substituents is 1. The maximum absolute atomic E-state index is 11.0. The largest absolute Gasteiger partial charge is 0.508 e. The summed E-state index contributed by atoms with van der Waals surface area (Å²) in [6.07, 6.45) is 7.36. The predicted molar refractivity (Wildman–Crippen MR) is 87.0 cm³/mol. The molecule has 1 saturated carbocycles. The summed E-state index contributed by atoms with van der Waals surface area (Å²) in [5.74, 6) is 0.723.